The molecule has 0 N–H and O–H groups in total. The number of rotatable bonds is 6. The lowest BCUT2D eigenvalue weighted by atomic mass is 9.92. The molecule has 3 heterocycles. The van der Waals surface area contributed by atoms with Gasteiger partial charge in [-0.25, -0.2) is 0 Å². The van der Waals surface area contributed by atoms with E-state index in [0.29, 0.717) is 32.2 Å². The van der Waals surface area contributed by atoms with E-state index in [4.69, 9.17) is 4.74 Å². The van der Waals surface area contributed by atoms with Crippen molar-refractivity contribution in [2.45, 2.75) is 33.2 Å². The molecule has 0 spiro atoms. The summed E-state index contributed by atoms with van der Waals surface area (Å²) in [6, 6.07) is 1.99. The maximum atomic E-state index is 12.8. The van der Waals surface area contributed by atoms with Crippen molar-refractivity contribution in [1.82, 2.24) is 24.5 Å². The van der Waals surface area contributed by atoms with Crippen molar-refractivity contribution in [3.05, 3.63) is 35.4 Å². The number of ether oxygens (including phenoxy) is 1. The van der Waals surface area contributed by atoms with E-state index in [2.05, 4.69) is 10.2 Å². The highest BCUT2D eigenvalue weighted by Crippen LogP contribution is 2.33. The molecular formula is C18H27N5O2. The Bertz CT molecular complexity index is 736. The van der Waals surface area contributed by atoms with Gasteiger partial charge in [-0.15, -0.1) is 0 Å². The lowest BCUT2D eigenvalue weighted by molar-refractivity contribution is -0.131. The average Bonchev–Trinajstić information content (AvgIpc) is 3.24. The number of likely N-dealkylation sites (tertiary alicyclic amines) is 1. The van der Waals surface area contributed by atoms with Crippen LogP contribution in [0.25, 0.3) is 0 Å². The topological polar surface area (TPSA) is 65.2 Å². The Labute approximate surface area is 148 Å². The van der Waals surface area contributed by atoms with Crippen LogP contribution in [0, 0.1) is 19.8 Å². The molecule has 1 saturated heterocycles. The summed E-state index contributed by atoms with van der Waals surface area (Å²) in [7, 11) is 1.92. The summed E-state index contributed by atoms with van der Waals surface area (Å²) in [5, 5.41) is 8.69. The van der Waals surface area contributed by atoms with Crippen LogP contribution in [0.15, 0.2) is 18.5 Å². The van der Waals surface area contributed by atoms with Gasteiger partial charge in [-0.1, -0.05) is 0 Å². The maximum absolute atomic E-state index is 12.8. The predicted octanol–water partition coefficient (Wildman–Crippen LogP) is 1.51. The molecule has 0 radical (unpaired) electrons. The van der Waals surface area contributed by atoms with Crippen LogP contribution >= 0.6 is 0 Å². The van der Waals surface area contributed by atoms with E-state index < -0.39 is 0 Å². The fourth-order valence-corrected chi connectivity index (χ4v) is 3.59. The van der Waals surface area contributed by atoms with Gasteiger partial charge in [0.1, 0.15) is 6.54 Å². The third kappa shape index (κ3) is 3.92. The largest absolute Gasteiger partial charge is 0.381 e. The second-order valence-electron chi connectivity index (χ2n) is 6.86. The van der Waals surface area contributed by atoms with Crippen molar-refractivity contribution in [3.63, 3.8) is 0 Å². The first-order valence-electron chi connectivity index (χ1n) is 8.83. The van der Waals surface area contributed by atoms with Gasteiger partial charge in [-0.2, -0.15) is 10.2 Å². The maximum Gasteiger partial charge on any atom is 0.244 e. The monoisotopic (exact) mass is 345 g/mol. The van der Waals surface area contributed by atoms with Gasteiger partial charge in [0.2, 0.25) is 5.91 Å². The summed E-state index contributed by atoms with van der Waals surface area (Å²) >= 11 is 0. The first-order valence-corrected chi connectivity index (χ1v) is 8.83. The lowest BCUT2D eigenvalue weighted by Gasteiger charge is -2.17. The molecule has 0 aromatic carbocycles. The first kappa shape index (κ1) is 17.7. The zero-order valence-electron chi connectivity index (χ0n) is 15.5. The zero-order chi connectivity index (χ0) is 18.0. The third-order valence-electron chi connectivity index (χ3n) is 4.87. The Hall–Kier alpha value is -2.15. The molecule has 1 fully saturated rings. The molecule has 25 heavy (non-hydrogen) atoms. The molecule has 3 rings (SSSR count). The van der Waals surface area contributed by atoms with Crippen LogP contribution in [0.1, 0.15) is 29.8 Å². The van der Waals surface area contributed by atoms with Crippen LogP contribution < -0.4 is 0 Å². The molecule has 1 aliphatic rings. The standard InChI is InChI=1S/C18H27N5O2/c1-5-25-12-16-9-22(10-17(16)15-7-19-21(4)8-15)18(24)11-23-14(3)6-13(2)20-23/h6-8,16-17H,5,9-12H2,1-4H3/t16-,17-/m0/s1. The fraction of sp³-hybridized carbons (Fsp3) is 0.611. The van der Waals surface area contributed by atoms with Crippen LogP contribution in [0.2, 0.25) is 0 Å². The van der Waals surface area contributed by atoms with Gasteiger partial charge in [0.25, 0.3) is 0 Å². The molecular weight excluding hydrogens is 318 g/mol. The van der Waals surface area contributed by atoms with Crippen molar-refractivity contribution in [3.8, 4) is 0 Å². The summed E-state index contributed by atoms with van der Waals surface area (Å²) in [5.41, 5.74) is 3.13. The van der Waals surface area contributed by atoms with Gasteiger partial charge in [-0.3, -0.25) is 14.2 Å². The second-order valence-corrected chi connectivity index (χ2v) is 6.86. The highest BCUT2D eigenvalue weighted by atomic mass is 16.5. The van der Waals surface area contributed by atoms with Crippen molar-refractivity contribution < 1.29 is 9.53 Å². The Morgan fingerprint density at radius 3 is 2.76 bits per heavy atom. The third-order valence-corrected chi connectivity index (χ3v) is 4.87. The van der Waals surface area contributed by atoms with E-state index in [1.807, 2.05) is 55.9 Å². The normalized spacial score (nSPS) is 20.4. The first-order chi connectivity index (χ1) is 12.0. The van der Waals surface area contributed by atoms with Crippen LogP contribution in [0.4, 0.5) is 0 Å². The van der Waals surface area contributed by atoms with Crippen LogP contribution in [-0.2, 0) is 23.1 Å². The molecule has 0 unspecified atom stereocenters. The molecule has 1 amide bonds. The minimum absolute atomic E-state index is 0.110. The average molecular weight is 345 g/mol. The number of hydrogen-bond acceptors (Lipinski definition) is 4. The predicted molar refractivity (Wildman–Crippen MR) is 94.2 cm³/mol. The molecule has 0 bridgehead atoms. The Morgan fingerprint density at radius 2 is 2.16 bits per heavy atom. The Balaban J connectivity index is 1.71. The number of carbonyl (C=O) groups is 1. The van der Waals surface area contributed by atoms with Crippen molar-refractivity contribution >= 4 is 5.91 Å². The van der Waals surface area contributed by atoms with E-state index in [0.717, 1.165) is 17.9 Å². The number of aromatic nitrogens is 4. The highest BCUT2D eigenvalue weighted by Gasteiger charge is 2.36. The summed E-state index contributed by atoms with van der Waals surface area (Å²) in [6.45, 7) is 9.00. The Morgan fingerprint density at radius 1 is 1.36 bits per heavy atom. The van der Waals surface area contributed by atoms with E-state index in [9.17, 15) is 4.79 Å². The van der Waals surface area contributed by atoms with Gasteiger partial charge < -0.3 is 9.64 Å². The second kappa shape index (κ2) is 7.39. The van der Waals surface area contributed by atoms with Gasteiger partial charge in [0.05, 0.1) is 18.5 Å². The van der Waals surface area contributed by atoms with E-state index in [1.165, 1.54) is 5.56 Å². The molecule has 136 valence electrons. The molecule has 2 atom stereocenters. The van der Waals surface area contributed by atoms with E-state index >= 15 is 0 Å². The van der Waals surface area contributed by atoms with Crippen molar-refractivity contribution in [2.24, 2.45) is 13.0 Å². The minimum Gasteiger partial charge on any atom is -0.381 e. The molecule has 0 saturated carbocycles. The van der Waals surface area contributed by atoms with Gasteiger partial charge in [0, 0.05) is 50.5 Å². The van der Waals surface area contributed by atoms with Crippen molar-refractivity contribution in [1.29, 1.82) is 0 Å². The lowest BCUT2D eigenvalue weighted by Crippen LogP contribution is -2.33. The number of amides is 1. The zero-order valence-corrected chi connectivity index (χ0v) is 15.5. The van der Waals surface area contributed by atoms with Crippen LogP contribution in [0.3, 0.4) is 0 Å². The fourth-order valence-electron chi connectivity index (χ4n) is 3.59. The molecule has 7 nitrogen and oxygen atoms in total. The molecule has 0 aliphatic carbocycles. The summed E-state index contributed by atoms with van der Waals surface area (Å²) in [5.74, 6) is 0.678. The van der Waals surface area contributed by atoms with E-state index in [-0.39, 0.29) is 11.8 Å². The summed E-state index contributed by atoms with van der Waals surface area (Å²) in [6.07, 6.45) is 3.94. The molecule has 2 aromatic heterocycles. The highest BCUT2D eigenvalue weighted by molar-refractivity contribution is 5.76. The van der Waals surface area contributed by atoms with Gasteiger partial charge in [-0.05, 0) is 32.4 Å². The molecule has 1 aliphatic heterocycles. The van der Waals surface area contributed by atoms with E-state index in [1.54, 1.807) is 4.68 Å². The van der Waals surface area contributed by atoms with Crippen LogP contribution in [-0.4, -0.2) is 56.7 Å². The molecule has 2 aromatic rings. The summed E-state index contributed by atoms with van der Waals surface area (Å²) in [4.78, 5) is 14.7. The number of nitrogens with zero attached hydrogens (tertiary/aromatic N) is 5. The number of hydrogen-bond donors (Lipinski definition) is 0. The Kier molecular flexibility index (Phi) is 5.22. The quantitative estimate of drug-likeness (QED) is 0.796. The number of aryl methyl sites for hydroxylation is 3. The van der Waals surface area contributed by atoms with Gasteiger partial charge in [0.15, 0.2) is 0 Å². The number of carbonyl (C=O) groups excluding carboxylic acids is 1. The van der Waals surface area contributed by atoms with Gasteiger partial charge >= 0.3 is 0 Å². The smallest absolute Gasteiger partial charge is 0.244 e. The molecule has 7 heteroatoms. The summed E-state index contributed by atoms with van der Waals surface area (Å²) < 4.78 is 9.26. The minimum atomic E-state index is 0.110. The SMILES string of the molecule is CCOC[C@@H]1CN(C(=O)Cn2nc(C)cc2C)C[C@H]1c1cnn(C)c1. The van der Waals surface area contributed by atoms with Crippen LogP contribution in [0.5, 0.6) is 0 Å². The van der Waals surface area contributed by atoms with Crippen molar-refractivity contribution in [2.75, 3.05) is 26.3 Å².